The van der Waals surface area contributed by atoms with Crippen LogP contribution in [-0.2, 0) is 0 Å². The van der Waals surface area contributed by atoms with Gasteiger partial charge in [0.1, 0.15) is 0 Å². The molecule has 0 radical (unpaired) electrons. The van der Waals surface area contributed by atoms with Crippen LogP contribution in [0, 0.1) is 11.8 Å². The summed E-state index contributed by atoms with van der Waals surface area (Å²) in [6, 6.07) is 0. The third kappa shape index (κ3) is 17.4. The maximum atomic E-state index is 2.35. The lowest BCUT2D eigenvalue weighted by Gasteiger charge is -2.24. The van der Waals surface area contributed by atoms with Crippen molar-refractivity contribution < 1.29 is 0 Å². The molecule has 0 amide bonds. The molecule has 158 valence electrons. The van der Waals surface area contributed by atoms with E-state index >= 15 is 0 Å². The van der Waals surface area contributed by atoms with Gasteiger partial charge >= 0.3 is 0 Å². The lowest BCUT2D eigenvalue weighted by Crippen LogP contribution is -2.10. The first-order chi connectivity index (χ1) is 12.8. The summed E-state index contributed by atoms with van der Waals surface area (Å²) in [6.07, 6.45) is 29.3. The monoisotopic (exact) mass is 366 g/mol. The zero-order valence-electron chi connectivity index (χ0n) is 19.3. The number of rotatable bonds is 21. The third-order valence-corrected chi connectivity index (χ3v) is 6.28. The smallest absolute Gasteiger partial charge is 0.0412 e. The average molecular weight is 367 g/mol. The maximum absolute atomic E-state index is 2.35. The summed E-state index contributed by atoms with van der Waals surface area (Å²) >= 11 is 0. The SMILES string of the molecule is CCCCCCC(CCCCC)CC(CCCCCC)CCCCCC. The summed E-state index contributed by atoms with van der Waals surface area (Å²) in [7, 11) is 0. The minimum Gasteiger partial charge on any atom is -0.0654 e. The van der Waals surface area contributed by atoms with E-state index in [-0.39, 0.29) is 0 Å². The van der Waals surface area contributed by atoms with Gasteiger partial charge in [0, 0.05) is 0 Å². The van der Waals surface area contributed by atoms with Crippen LogP contribution < -0.4 is 0 Å². The Morgan fingerprint density at radius 2 is 0.615 bits per heavy atom. The van der Waals surface area contributed by atoms with E-state index in [1.165, 1.54) is 122 Å². The minimum atomic E-state index is 1.03. The van der Waals surface area contributed by atoms with E-state index in [2.05, 4.69) is 27.7 Å². The molecule has 1 unspecified atom stereocenters. The van der Waals surface area contributed by atoms with E-state index in [4.69, 9.17) is 0 Å². The van der Waals surface area contributed by atoms with E-state index in [0.717, 1.165) is 11.8 Å². The Balaban J connectivity index is 4.39. The highest BCUT2D eigenvalue weighted by Gasteiger charge is 2.16. The van der Waals surface area contributed by atoms with Gasteiger partial charge in [-0.1, -0.05) is 150 Å². The van der Waals surface area contributed by atoms with Crippen LogP contribution in [0.3, 0.4) is 0 Å². The molecule has 0 aromatic heterocycles. The summed E-state index contributed by atoms with van der Waals surface area (Å²) in [5.74, 6) is 2.06. The first-order valence-electron chi connectivity index (χ1n) is 12.8. The number of hydrogen-bond donors (Lipinski definition) is 0. The van der Waals surface area contributed by atoms with Crippen LogP contribution in [0.1, 0.15) is 156 Å². The van der Waals surface area contributed by atoms with Gasteiger partial charge in [-0.25, -0.2) is 0 Å². The van der Waals surface area contributed by atoms with Crippen molar-refractivity contribution in [2.75, 3.05) is 0 Å². The zero-order valence-corrected chi connectivity index (χ0v) is 19.3. The molecule has 0 bridgehead atoms. The average Bonchev–Trinajstić information content (AvgIpc) is 2.65. The normalized spacial score (nSPS) is 12.8. The molecule has 0 aliphatic carbocycles. The standard InChI is InChI=1S/C26H54/c1-5-9-13-17-21-25(20-16-12-8-4)24-26(22-18-14-10-6-2)23-19-15-11-7-3/h25-26H,5-24H2,1-4H3. The van der Waals surface area contributed by atoms with E-state index in [1.54, 1.807) is 6.42 Å². The number of unbranched alkanes of at least 4 members (excludes halogenated alkanes) is 11. The fourth-order valence-corrected chi connectivity index (χ4v) is 4.49. The van der Waals surface area contributed by atoms with Crippen molar-refractivity contribution in [1.29, 1.82) is 0 Å². The van der Waals surface area contributed by atoms with Gasteiger partial charge in [-0.2, -0.15) is 0 Å². The highest BCUT2D eigenvalue weighted by atomic mass is 14.2. The summed E-state index contributed by atoms with van der Waals surface area (Å²) in [5, 5.41) is 0. The zero-order chi connectivity index (χ0) is 19.3. The second-order valence-corrected chi connectivity index (χ2v) is 9.01. The predicted octanol–water partition coefficient (Wildman–Crippen LogP) is 10.1. The van der Waals surface area contributed by atoms with Gasteiger partial charge in [0.05, 0.1) is 0 Å². The van der Waals surface area contributed by atoms with Crippen molar-refractivity contribution in [3.63, 3.8) is 0 Å². The first-order valence-corrected chi connectivity index (χ1v) is 12.8. The fourth-order valence-electron chi connectivity index (χ4n) is 4.49. The first kappa shape index (κ1) is 26.0. The molecule has 0 aliphatic rings. The molecular formula is C26H54. The van der Waals surface area contributed by atoms with Crippen LogP contribution in [0.15, 0.2) is 0 Å². The molecule has 26 heavy (non-hydrogen) atoms. The van der Waals surface area contributed by atoms with Crippen LogP contribution in [0.5, 0.6) is 0 Å². The second-order valence-electron chi connectivity index (χ2n) is 9.01. The molecule has 0 aliphatic heterocycles. The molecule has 0 aromatic rings. The van der Waals surface area contributed by atoms with Crippen molar-refractivity contribution >= 4 is 0 Å². The molecule has 0 rings (SSSR count). The summed E-state index contributed by atoms with van der Waals surface area (Å²) in [6.45, 7) is 9.35. The molecule has 0 saturated carbocycles. The van der Waals surface area contributed by atoms with Gasteiger partial charge in [0.2, 0.25) is 0 Å². The quantitative estimate of drug-likeness (QED) is 0.177. The molecule has 0 aromatic carbocycles. The molecule has 0 N–H and O–H groups in total. The topological polar surface area (TPSA) is 0 Å². The van der Waals surface area contributed by atoms with Crippen LogP contribution >= 0.6 is 0 Å². The minimum absolute atomic E-state index is 1.03. The van der Waals surface area contributed by atoms with Crippen molar-refractivity contribution in [1.82, 2.24) is 0 Å². The van der Waals surface area contributed by atoms with Gasteiger partial charge in [0.15, 0.2) is 0 Å². The van der Waals surface area contributed by atoms with Crippen molar-refractivity contribution in [3.05, 3.63) is 0 Å². The van der Waals surface area contributed by atoms with Gasteiger partial charge in [-0.05, 0) is 18.3 Å². The Kier molecular flexibility index (Phi) is 21.3. The summed E-state index contributed by atoms with van der Waals surface area (Å²) in [5.41, 5.74) is 0. The van der Waals surface area contributed by atoms with Gasteiger partial charge in [0.25, 0.3) is 0 Å². The molecule has 0 heteroatoms. The Labute approximate surface area is 168 Å². The molecule has 0 saturated heterocycles. The lowest BCUT2D eigenvalue weighted by atomic mass is 9.82. The predicted molar refractivity (Wildman–Crippen MR) is 122 cm³/mol. The van der Waals surface area contributed by atoms with Crippen molar-refractivity contribution in [3.8, 4) is 0 Å². The van der Waals surface area contributed by atoms with Crippen molar-refractivity contribution in [2.24, 2.45) is 11.8 Å². The molecule has 0 fully saturated rings. The molecule has 1 atom stereocenters. The summed E-state index contributed by atoms with van der Waals surface area (Å²) < 4.78 is 0. The van der Waals surface area contributed by atoms with Crippen molar-refractivity contribution in [2.45, 2.75) is 156 Å². The molecule has 0 heterocycles. The highest BCUT2D eigenvalue weighted by Crippen LogP contribution is 2.30. The molecular weight excluding hydrogens is 312 g/mol. The van der Waals surface area contributed by atoms with Gasteiger partial charge < -0.3 is 0 Å². The molecule has 0 nitrogen and oxygen atoms in total. The van der Waals surface area contributed by atoms with Crippen LogP contribution in [-0.4, -0.2) is 0 Å². The second kappa shape index (κ2) is 21.3. The highest BCUT2D eigenvalue weighted by molar-refractivity contribution is 4.69. The lowest BCUT2D eigenvalue weighted by molar-refractivity contribution is 0.283. The Morgan fingerprint density at radius 3 is 0.923 bits per heavy atom. The third-order valence-electron chi connectivity index (χ3n) is 6.28. The Bertz CT molecular complexity index is 232. The van der Waals surface area contributed by atoms with Crippen LogP contribution in [0.25, 0.3) is 0 Å². The Hall–Kier alpha value is 0. The largest absolute Gasteiger partial charge is 0.0654 e. The van der Waals surface area contributed by atoms with Crippen LogP contribution in [0.2, 0.25) is 0 Å². The van der Waals surface area contributed by atoms with E-state index in [0.29, 0.717) is 0 Å². The van der Waals surface area contributed by atoms with Crippen LogP contribution in [0.4, 0.5) is 0 Å². The van der Waals surface area contributed by atoms with E-state index in [1.807, 2.05) is 0 Å². The van der Waals surface area contributed by atoms with Gasteiger partial charge in [-0.3, -0.25) is 0 Å². The molecule has 0 spiro atoms. The summed E-state index contributed by atoms with van der Waals surface area (Å²) in [4.78, 5) is 0. The van der Waals surface area contributed by atoms with Gasteiger partial charge in [-0.15, -0.1) is 0 Å². The maximum Gasteiger partial charge on any atom is -0.0412 e. The van der Waals surface area contributed by atoms with E-state index in [9.17, 15) is 0 Å². The number of hydrogen-bond acceptors (Lipinski definition) is 0. The van der Waals surface area contributed by atoms with E-state index < -0.39 is 0 Å². The Morgan fingerprint density at radius 1 is 0.346 bits per heavy atom. The fraction of sp³-hybridized carbons (Fsp3) is 1.00.